The maximum Gasteiger partial charge on any atom is 0.286 e. The normalized spacial score (nSPS) is 25.0. The lowest BCUT2D eigenvalue weighted by molar-refractivity contribution is -0.113. The van der Waals surface area contributed by atoms with Crippen LogP contribution in [-0.2, 0) is 4.79 Å². The van der Waals surface area contributed by atoms with Crippen LogP contribution in [0.4, 0.5) is 4.39 Å². The number of rotatable bonds is 3. The minimum Gasteiger partial charge on any atom is -0.507 e. The zero-order chi connectivity index (χ0) is 19.0. The van der Waals surface area contributed by atoms with Crippen LogP contribution in [0.1, 0.15) is 36.8 Å². The molecule has 0 spiro atoms. The number of aliphatic imine (C=N–C) groups is 1. The van der Waals surface area contributed by atoms with Gasteiger partial charge in [0.2, 0.25) is 0 Å². The van der Waals surface area contributed by atoms with Crippen molar-refractivity contribution in [3.63, 3.8) is 0 Å². The SMILES string of the molecule is Cc1cc(F)cc(/C=C2\SC(N3CCC[C@H]3CN3CCCC3)=NC2=O)c1O. The van der Waals surface area contributed by atoms with E-state index < -0.39 is 5.82 Å². The molecule has 0 radical (unpaired) electrons. The highest BCUT2D eigenvalue weighted by Gasteiger charge is 2.34. The van der Waals surface area contributed by atoms with Crippen LogP contribution < -0.4 is 0 Å². The topological polar surface area (TPSA) is 56.1 Å². The molecule has 144 valence electrons. The maximum atomic E-state index is 13.7. The summed E-state index contributed by atoms with van der Waals surface area (Å²) >= 11 is 1.33. The molecule has 3 aliphatic rings. The molecule has 2 fully saturated rings. The molecule has 1 aromatic rings. The van der Waals surface area contributed by atoms with Crippen LogP contribution >= 0.6 is 11.8 Å². The summed E-state index contributed by atoms with van der Waals surface area (Å²) in [6, 6.07) is 2.91. The van der Waals surface area contributed by atoms with E-state index in [1.807, 2.05) is 0 Å². The highest BCUT2D eigenvalue weighted by Crippen LogP contribution is 2.36. The Kier molecular flexibility index (Phi) is 5.23. The molecule has 0 bridgehead atoms. The van der Waals surface area contributed by atoms with Crippen molar-refractivity contribution in [3.8, 4) is 5.75 Å². The van der Waals surface area contributed by atoms with Gasteiger partial charge in [0, 0.05) is 24.7 Å². The van der Waals surface area contributed by atoms with E-state index in [1.54, 1.807) is 13.0 Å². The molecule has 3 aliphatic heterocycles. The van der Waals surface area contributed by atoms with Gasteiger partial charge in [-0.25, -0.2) is 4.39 Å². The Morgan fingerprint density at radius 2 is 2.07 bits per heavy atom. The molecule has 0 aromatic heterocycles. The Morgan fingerprint density at radius 1 is 1.30 bits per heavy atom. The first kappa shape index (κ1) is 18.5. The third-order valence-electron chi connectivity index (χ3n) is 5.48. The summed E-state index contributed by atoms with van der Waals surface area (Å²) < 4.78 is 13.7. The van der Waals surface area contributed by atoms with Gasteiger partial charge in [-0.15, -0.1) is 0 Å². The molecule has 27 heavy (non-hydrogen) atoms. The van der Waals surface area contributed by atoms with Gasteiger partial charge >= 0.3 is 0 Å². The summed E-state index contributed by atoms with van der Waals surface area (Å²) in [5.41, 5.74) is 0.762. The average Bonchev–Trinajstić information content (AvgIpc) is 3.35. The van der Waals surface area contributed by atoms with Crippen molar-refractivity contribution in [2.45, 2.75) is 38.6 Å². The lowest BCUT2D eigenvalue weighted by Crippen LogP contribution is -2.41. The number of hydrogen-bond acceptors (Lipinski definition) is 5. The number of amidine groups is 1. The van der Waals surface area contributed by atoms with Crippen LogP contribution in [0, 0.1) is 12.7 Å². The number of nitrogens with zero attached hydrogens (tertiary/aromatic N) is 3. The quantitative estimate of drug-likeness (QED) is 0.804. The number of amides is 1. The molecular weight excluding hydrogens is 365 g/mol. The smallest absolute Gasteiger partial charge is 0.286 e. The van der Waals surface area contributed by atoms with Gasteiger partial charge in [0.05, 0.1) is 4.91 Å². The minimum absolute atomic E-state index is 0.00108. The third-order valence-corrected chi connectivity index (χ3v) is 6.50. The number of hydrogen-bond donors (Lipinski definition) is 1. The molecular formula is C20H24FN3O2S. The predicted octanol–water partition coefficient (Wildman–Crippen LogP) is 3.37. The van der Waals surface area contributed by atoms with Crippen molar-refractivity contribution in [2.24, 2.45) is 4.99 Å². The van der Waals surface area contributed by atoms with E-state index >= 15 is 0 Å². The fraction of sp³-hybridized carbons (Fsp3) is 0.500. The molecule has 1 aromatic carbocycles. The van der Waals surface area contributed by atoms with Gasteiger partial charge in [0.25, 0.3) is 5.91 Å². The number of carbonyl (C=O) groups is 1. The minimum atomic E-state index is -0.432. The summed E-state index contributed by atoms with van der Waals surface area (Å²) in [5, 5.41) is 10.9. The fourth-order valence-corrected chi connectivity index (χ4v) is 5.08. The number of benzene rings is 1. The zero-order valence-electron chi connectivity index (χ0n) is 15.4. The van der Waals surface area contributed by atoms with Crippen molar-refractivity contribution >= 4 is 28.9 Å². The lowest BCUT2D eigenvalue weighted by atomic mass is 10.1. The summed E-state index contributed by atoms with van der Waals surface area (Å²) in [7, 11) is 0. The highest BCUT2D eigenvalue weighted by atomic mass is 32.2. The molecule has 0 saturated carbocycles. The fourth-order valence-electron chi connectivity index (χ4n) is 4.07. The molecule has 3 heterocycles. The molecule has 1 N–H and O–H groups in total. The van der Waals surface area contributed by atoms with Crippen LogP contribution in [0.5, 0.6) is 5.75 Å². The summed E-state index contributed by atoms with van der Waals surface area (Å²) in [6.07, 6.45) is 6.30. The monoisotopic (exact) mass is 389 g/mol. The number of phenols is 1. The van der Waals surface area contributed by atoms with Crippen molar-refractivity contribution in [3.05, 3.63) is 34.0 Å². The third kappa shape index (κ3) is 3.89. The van der Waals surface area contributed by atoms with Crippen LogP contribution in [0.3, 0.4) is 0 Å². The first-order valence-corrected chi connectivity index (χ1v) is 10.3. The molecule has 0 aliphatic carbocycles. The maximum absolute atomic E-state index is 13.7. The second kappa shape index (κ2) is 7.64. The van der Waals surface area contributed by atoms with Crippen LogP contribution in [0.15, 0.2) is 22.0 Å². The Morgan fingerprint density at radius 3 is 2.85 bits per heavy atom. The van der Waals surface area contributed by atoms with Crippen molar-refractivity contribution < 1.29 is 14.3 Å². The number of aryl methyl sites for hydroxylation is 1. The van der Waals surface area contributed by atoms with Crippen LogP contribution in [0.25, 0.3) is 6.08 Å². The molecule has 7 heteroatoms. The number of phenolic OH excluding ortho intramolecular Hbond substituents is 1. The van der Waals surface area contributed by atoms with Gasteiger partial charge < -0.3 is 14.9 Å². The van der Waals surface area contributed by atoms with E-state index in [-0.39, 0.29) is 11.7 Å². The summed E-state index contributed by atoms with van der Waals surface area (Å²) in [4.78, 5) is 21.8. The van der Waals surface area contributed by atoms with Gasteiger partial charge in [-0.3, -0.25) is 4.79 Å². The number of likely N-dealkylation sites (tertiary alicyclic amines) is 2. The van der Waals surface area contributed by atoms with E-state index in [4.69, 9.17) is 0 Å². The molecule has 4 rings (SSSR count). The van der Waals surface area contributed by atoms with Gasteiger partial charge in [0.1, 0.15) is 11.6 Å². The average molecular weight is 389 g/mol. The van der Waals surface area contributed by atoms with E-state index in [0.29, 0.717) is 22.1 Å². The molecule has 5 nitrogen and oxygen atoms in total. The largest absolute Gasteiger partial charge is 0.507 e. The van der Waals surface area contributed by atoms with Gasteiger partial charge in [-0.2, -0.15) is 4.99 Å². The Hall–Kier alpha value is -1.86. The van der Waals surface area contributed by atoms with E-state index in [0.717, 1.165) is 44.2 Å². The van der Waals surface area contributed by atoms with Gasteiger partial charge in [-0.1, -0.05) is 0 Å². The van der Waals surface area contributed by atoms with Crippen molar-refractivity contribution in [1.29, 1.82) is 0 Å². The molecule has 2 saturated heterocycles. The Balaban J connectivity index is 1.50. The Labute approximate surface area is 162 Å². The summed E-state index contributed by atoms with van der Waals surface area (Å²) in [5.74, 6) is -0.749. The predicted molar refractivity (Wildman–Crippen MR) is 106 cm³/mol. The van der Waals surface area contributed by atoms with Crippen molar-refractivity contribution in [1.82, 2.24) is 9.80 Å². The molecule has 0 unspecified atom stereocenters. The van der Waals surface area contributed by atoms with Crippen molar-refractivity contribution in [2.75, 3.05) is 26.2 Å². The van der Waals surface area contributed by atoms with Crippen LogP contribution in [0.2, 0.25) is 0 Å². The van der Waals surface area contributed by atoms with Gasteiger partial charge in [0.15, 0.2) is 5.17 Å². The number of aromatic hydroxyl groups is 1. The van der Waals surface area contributed by atoms with Gasteiger partial charge in [-0.05, 0) is 81.2 Å². The second-order valence-corrected chi connectivity index (χ2v) is 8.48. The summed E-state index contributed by atoms with van der Waals surface area (Å²) in [6.45, 7) is 5.89. The van der Waals surface area contributed by atoms with Crippen LogP contribution in [-0.4, -0.2) is 58.2 Å². The molecule has 1 amide bonds. The second-order valence-electron chi connectivity index (χ2n) is 7.47. The standard InChI is InChI=1S/C20H24FN3O2S/c1-13-9-15(21)10-14(18(13)25)11-17-19(26)22-20(27-17)24-8-4-5-16(24)12-23-6-2-3-7-23/h9-11,16,25H,2-8,12H2,1H3/b17-11-/t16-/m0/s1. The molecule has 1 atom stereocenters. The number of halogens is 1. The van der Waals surface area contributed by atoms with E-state index in [9.17, 15) is 14.3 Å². The van der Waals surface area contributed by atoms with E-state index in [2.05, 4.69) is 14.8 Å². The first-order valence-electron chi connectivity index (χ1n) is 9.52. The lowest BCUT2D eigenvalue weighted by Gasteiger charge is -2.29. The highest BCUT2D eigenvalue weighted by molar-refractivity contribution is 8.18. The number of thioether (sulfide) groups is 1. The zero-order valence-corrected chi connectivity index (χ0v) is 16.3. The Bertz CT molecular complexity index is 818. The first-order chi connectivity index (χ1) is 13.0. The number of carbonyl (C=O) groups excluding carboxylic acids is 1. The van der Waals surface area contributed by atoms with E-state index in [1.165, 1.54) is 36.7 Å².